The molecule has 0 aromatic heterocycles. The maximum absolute atomic E-state index is 6.05. The van der Waals surface area contributed by atoms with Crippen LogP contribution in [0.25, 0.3) is 0 Å². The predicted octanol–water partition coefficient (Wildman–Crippen LogP) is 4.17. The summed E-state index contributed by atoms with van der Waals surface area (Å²) in [4.78, 5) is 5.21. The Balaban J connectivity index is 1.83. The quantitative estimate of drug-likeness (QED) is 0.755. The Labute approximate surface area is 128 Å². The van der Waals surface area contributed by atoms with Crippen LogP contribution in [-0.2, 0) is 0 Å². The van der Waals surface area contributed by atoms with Crippen molar-refractivity contribution in [2.24, 2.45) is 0 Å². The molecule has 0 amide bonds. The van der Waals surface area contributed by atoms with E-state index < -0.39 is 0 Å². The predicted molar refractivity (Wildman–Crippen MR) is 85.2 cm³/mol. The van der Waals surface area contributed by atoms with Crippen molar-refractivity contribution in [1.29, 1.82) is 0 Å². The molecule has 3 rings (SSSR count). The Hall–Kier alpha value is -0.250. The molecule has 2 atom stereocenters. The second-order valence-electron chi connectivity index (χ2n) is 5.74. The lowest BCUT2D eigenvalue weighted by Crippen LogP contribution is -2.58. The van der Waals surface area contributed by atoms with Crippen molar-refractivity contribution in [1.82, 2.24) is 4.90 Å². The number of hydrogen-bond donors (Lipinski definition) is 0. The first-order valence-corrected chi connectivity index (χ1v) is 8.28. The molecule has 2 aliphatic rings. The van der Waals surface area contributed by atoms with Gasteiger partial charge < -0.3 is 4.90 Å². The van der Waals surface area contributed by atoms with Crippen molar-refractivity contribution < 1.29 is 0 Å². The normalized spacial score (nSPS) is 28.3. The maximum Gasteiger partial charge on any atom is 0.0515 e. The number of fused-ring (bicyclic) bond motifs is 1. The summed E-state index contributed by atoms with van der Waals surface area (Å²) >= 11 is 9.70. The Bertz CT molecular complexity index is 465. The van der Waals surface area contributed by atoms with E-state index in [1.807, 2.05) is 12.1 Å². The van der Waals surface area contributed by atoms with Crippen LogP contribution in [0.4, 0.5) is 5.69 Å². The second kappa shape index (κ2) is 5.63. The van der Waals surface area contributed by atoms with E-state index in [1.54, 1.807) is 0 Å². The lowest BCUT2D eigenvalue weighted by Gasteiger charge is -2.48. The maximum atomic E-state index is 6.05. The molecular formula is C15H20BrClN2. The summed E-state index contributed by atoms with van der Waals surface area (Å²) in [7, 11) is 0. The summed E-state index contributed by atoms with van der Waals surface area (Å²) in [6, 6.07) is 7.42. The molecule has 0 radical (unpaired) electrons. The van der Waals surface area contributed by atoms with E-state index in [9.17, 15) is 0 Å². The Morgan fingerprint density at radius 3 is 2.89 bits per heavy atom. The molecule has 0 bridgehead atoms. The van der Waals surface area contributed by atoms with Crippen LogP contribution in [0.15, 0.2) is 22.7 Å². The van der Waals surface area contributed by atoms with Crippen LogP contribution in [0.5, 0.6) is 0 Å². The zero-order valence-electron chi connectivity index (χ0n) is 11.3. The number of benzene rings is 1. The SMILES string of the molecule is CC1CN2CCCCC2CN1c1ccc(Cl)cc1Br. The molecule has 0 spiro atoms. The van der Waals surface area contributed by atoms with Crippen LogP contribution in [0.1, 0.15) is 26.2 Å². The number of anilines is 1. The van der Waals surface area contributed by atoms with Crippen LogP contribution >= 0.6 is 27.5 Å². The fourth-order valence-electron chi connectivity index (χ4n) is 3.40. The lowest BCUT2D eigenvalue weighted by atomic mass is 9.96. The topological polar surface area (TPSA) is 6.48 Å². The monoisotopic (exact) mass is 342 g/mol. The van der Waals surface area contributed by atoms with Gasteiger partial charge in [-0.3, -0.25) is 4.90 Å². The van der Waals surface area contributed by atoms with Gasteiger partial charge in [-0.25, -0.2) is 0 Å². The van der Waals surface area contributed by atoms with Gasteiger partial charge in [0.1, 0.15) is 0 Å². The van der Waals surface area contributed by atoms with Crippen molar-refractivity contribution in [3.05, 3.63) is 27.7 Å². The first-order valence-electron chi connectivity index (χ1n) is 7.11. The lowest BCUT2D eigenvalue weighted by molar-refractivity contribution is 0.115. The third-order valence-corrected chi connectivity index (χ3v) is 5.28. The number of nitrogens with zero attached hydrogens (tertiary/aromatic N) is 2. The molecule has 2 aliphatic heterocycles. The fourth-order valence-corrected chi connectivity index (χ4v) is 4.31. The molecule has 0 aliphatic carbocycles. The number of hydrogen-bond acceptors (Lipinski definition) is 2. The summed E-state index contributed by atoms with van der Waals surface area (Å²) < 4.78 is 1.11. The molecule has 0 saturated carbocycles. The number of halogens is 2. The molecular weight excluding hydrogens is 324 g/mol. The average Bonchev–Trinajstić information content (AvgIpc) is 2.38. The smallest absolute Gasteiger partial charge is 0.0515 e. The van der Waals surface area contributed by atoms with Gasteiger partial charge in [0.15, 0.2) is 0 Å². The molecule has 2 saturated heterocycles. The van der Waals surface area contributed by atoms with Crippen LogP contribution < -0.4 is 4.90 Å². The minimum Gasteiger partial charge on any atom is -0.365 e. The number of piperazine rings is 1. The van der Waals surface area contributed by atoms with Crippen LogP contribution in [0.2, 0.25) is 5.02 Å². The highest BCUT2D eigenvalue weighted by molar-refractivity contribution is 9.10. The van der Waals surface area contributed by atoms with E-state index in [0.717, 1.165) is 22.1 Å². The number of rotatable bonds is 1. The van der Waals surface area contributed by atoms with Gasteiger partial charge in [-0.05, 0) is 60.4 Å². The summed E-state index contributed by atoms with van der Waals surface area (Å²) in [6.07, 6.45) is 4.09. The third kappa shape index (κ3) is 2.79. The van der Waals surface area contributed by atoms with Crippen molar-refractivity contribution in [3.63, 3.8) is 0 Å². The summed E-state index contributed by atoms with van der Waals surface area (Å²) in [6.45, 7) is 5.93. The molecule has 4 heteroatoms. The van der Waals surface area contributed by atoms with Gasteiger partial charge in [-0.1, -0.05) is 18.0 Å². The molecule has 2 nitrogen and oxygen atoms in total. The molecule has 2 heterocycles. The van der Waals surface area contributed by atoms with Crippen LogP contribution in [0, 0.1) is 0 Å². The summed E-state index contributed by atoms with van der Waals surface area (Å²) in [5, 5.41) is 0.791. The minimum atomic E-state index is 0.562. The average molecular weight is 344 g/mol. The van der Waals surface area contributed by atoms with E-state index in [0.29, 0.717) is 6.04 Å². The van der Waals surface area contributed by atoms with Gasteiger partial charge in [0.25, 0.3) is 0 Å². The first kappa shape index (κ1) is 13.7. The fraction of sp³-hybridized carbons (Fsp3) is 0.600. The van der Waals surface area contributed by atoms with Crippen molar-refractivity contribution in [3.8, 4) is 0 Å². The summed E-state index contributed by atoms with van der Waals surface area (Å²) in [5.41, 5.74) is 1.28. The Morgan fingerprint density at radius 1 is 1.26 bits per heavy atom. The Kier molecular flexibility index (Phi) is 4.06. The molecule has 104 valence electrons. The molecule has 1 aromatic carbocycles. The largest absolute Gasteiger partial charge is 0.365 e. The first-order chi connectivity index (χ1) is 9.15. The highest BCUT2D eigenvalue weighted by Crippen LogP contribution is 2.34. The Morgan fingerprint density at radius 2 is 2.11 bits per heavy atom. The van der Waals surface area contributed by atoms with E-state index in [-0.39, 0.29) is 0 Å². The zero-order chi connectivity index (χ0) is 13.4. The highest BCUT2D eigenvalue weighted by Gasteiger charge is 2.33. The minimum absolute atomic E-state index is 0.562. The van der Waals surface area contributed by atoms with Crippen molar-refractivity contribution in [2.45, 2.75) is 38.3 Å². The number of piperidine rings is 1. The second-order valence-corrected chi connectivity index (χ2v) is 7.03. The van der Waals surface area contributed by atoms with E-state index >= 15 is 0 Å². The van der Waals surface area contributed by atoms with Gasteiger partial charge >= 0.3 is 0 Å². The van der Waals surface area contributed by atoms with Gasteiger partial charge in [0.2, 0.25) is 0 Å². The van der Waals surface area contributed by atoms with Crippen molar-refractivity contribution in [2.75, 3.05) is 24.5 Å². The van der Waals surface area contributed by atoms with Gasteiger partial charge in [0, 0.05) is 34.7 Å². The van der Waals surface area contributed by atoms with Crippen molar-refractivity contribution >= 4 is 33.2 Å². The van der Waals surface area contributed by atoms with Gasteiger partial charge in [-0.15, -0.1) is 0 Å². The zero-order valence-corrected chi connectivity index (χ0v) is 13.6. The highest BCUT2D eigenvalue weighted by atomic mass is 79.9. The molecule has 0 N–H and O–H groups in total. The molecule has 2 fully saturated rings. The van der Waals surface area contributed by atoms with Gasteiger partial charge in [-0.2, -0.15) is 0 Å². The third-order valence-electron chi connectivity index (χ3n) is 4.41. The molecule has 2 unspecified atom stereocenters. The van der Waals surface area contributed by atoms with Crippen LogP contribution in [-0.4, -0.2) is 36.6 Å². The van der Waals surface area contributed by atoms with Crippen LogP contribution in [0.3, 0.4) is 0 Å². The van der Waals surface area contributed by atoms with E-state index in [2.05, 4.69) is 38.7 Å². The summed E-state index contributed by atoms with van der Waals surface area (Å²) in [5.74, 6) is 0. The molecule has 19 heavy (non-hydrogen) atoms. The van der Waals surface area contributed by atoms with Gasteiger partial charge in [0.05, 0.1) is 5.69 Å². The molecule has 1 aromatic rings. The van der Waals surface area contributed by atoms with E-state index in [4.69, 9.17) is 11.6 Å². The standard InChI is InChI=1S/C15H20BrClN2/c1-11-9-18-7-3-2-4-13(18)10-19(11)15-6-5-12(17)8-14(15)16/h5-6,8,11,13H,2-4,7,9-10H2,1H3. The van der Waals surface area contributed by atoms with E-state index in [1.165, 1.54) is 38.0 Å².